The molecule has 5 nitrogen and oxygen atoms in total. The molecule has 0 aliphatic rings. The fraction of sp³-hybridized carbons (Fsp3) is 0.692. The summed E-state index contributed by atoms with van der Waals surface area (Å²) in [4.78, 5) is 14.3. The van der Waals surface area contributed by atoms with E-state index in [0.717, 1.165) is 6.54 Å². The highest BCUT2D eigenvalue weighted by molar-refractivity contribution is 5.97. The molecule has 1 heterocycles. The van der Waals surface area contributed by atoms with Gasteiger partial charge >= 0.3 is 0 Å². The van der Waals surface area contributed by atoms with E-state index in [1.54, 1.807) is 18.0 Å². The highest BCUT2D eigenvalue weighted by Gasteiger charge is 2.20. The van der Waals surface area contributed by atoms with E-state index in [0.29, 0.717) is 30.3 Å². The van der Waals surface area contributed by atoms with E-state index in [1.165, 1.54) is 0 Å². The number of methoxy groups -OCH3 is 1. The van der Waals surface area contributed by atoms with Crippen molar-refractivity contribution in [1.82, 2.24) is 14.7 Å². The predicted molar refractivity (Wildman–Crippen MR) is 71.1 cm³/mol. The molecule has 0 unspecified atom stereocenters. The summed E-state index contributed by atoms with van der Waals surface area (Å²) in [7, 11) is 5.56. The van der Waals surface area contributed by atoms with Gasteiger partial charge in [-0.3, -0.25) is 9.48 Å². The Morgan fingerprint density at radius 1 is 1.50 bits per heavy atom. The molecule has 0 aliphatic heterocycles. The van der Waals surface area contributed by atoms with E-state index in [9.17, 15) is 4.79 Å². The quantitative estimate of drug-likeness (QED) is 0.694. The summed E-state index contributed by atoms with van der Waals surface area (Å²) in [6.07, 6.45) is 2.13. The molecule has 0 saturated carbocycles. The maximum Gasteiger partial charge on any atom is 0.184 e. The molecule has 0 spiro atoms. The van der Waals surface area contributed by atoms with Crippen LogP contribution in [0, 0.1) is 5.92 Å². The third-order valence-electron chi connectivity index (χ3n) is 2.64. The van der Waals surface area contributed by atoms with Gasteiger partial charge < -0.3 is 9.64 Å². The number of hydrogen-bond donors (Lipinski definition) is 0. The molecule has 102 valence electrons. The van der Waals surface area contributed by atoms with E-state index in [4.69, 9.17) is 4.74 Å². The van der Waals surface area contributed by atoms with Gasteiger partial charge in [-0.1, -0.05) is 13.8 Å². The Hall–Kier alpha value is -1.36. The topological polar surface area (TPSA) is 47.4 Å². The molecule has 1 rings (SSSR count). The van der Waals surface area contributed by atoms with Gasteiger partial charge in [0, 0.05) is 13.0 Å². The molecule has 0 amide bonds. The van der Waals surface area contributed by atoms with Crippen LogP contribution >= 0.6 is 0 Å². The zero-order valence-corrected chi connectivity index (χ0v) is 11.9. The van der Waals surface area contributed by atoms with Crippen molar-refractivity contribution in [1.29, 1.82) is 0 Å². The van der Waals surface area contributed by atoms with E-state index in [1.807, 2.05) is 27.9 Å². The summed E-state index contributed by atoms with van der Waals surface area (Å²) in [5, 5.41) is 4.23. The first-order chi connectivity index (χ1) is 8.45. The molecule has 1 aromatic heterocycles. The Labute approximate surface area is 109 Å². The highest BCUT2D eigenvalue weighted by Crippen LogP contribution is 2.21. The van der Waals surface area contributed by atoms with Gasteiger partial charge in [0.25, 0.3) is 0 Å². The Kier molecular flexibility index (Phi) is 5.34. The average molecular weight is 253 g/mol. The summed E-state index contributed by atoms with van der Waals surface area (Å²) < 4.78 is 6.96. The molecule has 0 aliphatic carbocycles. The number of carbonyl (C=O) groups is 1. The summed E-state index contributed by atoms with van der Waals surface area (Å²) in [6, 6.07) is 0. The molecule has 5 heteroatoms. The molecule has 0 aromatic carbocycles. The Morgan fingerprint density at radius 3 is 2.67 bits per heavy atom. The van der Waals surface area contributed by atoms with Crippen molar-refractivity contribution >= 4 is 5.78 Å². The number of carbonyl (C=O) groups excluding carboxylic acids is 1. The second-order valence-electron chi connectivity index (χ2n) is 5.11. The lowest BCUT2D eigenvalue weighted by Gasteiger charge is -2.12. The molecule has 0 saturated heterocycles. The van der Waals surface area contributed by atoms with Crippen LogP contribution in [0.5, 0.6) is 5.75 Å². The third kappa shape index (κ3) is 3.84. The monoisotopic (exact) mass is 253 g/mol. The van der Waals surface area contributed by atoms with Crippen molar-refractivity contribution in [2.75, 3.05) is 27.7 Å². The van der Waals surface area contributed by atoms with Crippen LogP contribution in [0.1, 0.15) is 30.8 Å². The summed E-state index contributed by atoms with van der Waals surface area (Å²) >= 11 is 0. The van der Waals surface area contributed by atoms with Crippen LogP contribution in [0.2, 0.25) is 0 Å². The Balaban J connectivity index is 2.91. The predicted octanol–water partition coefficient (Wildman–Crippen LogP) is 1.68. The number of hydrogen-bond acceptors (Lipinski definition) is 4. The van der Waals surface area contributed by atoms with Crippen molar-refractivity contribution < 1.29 is 9.53 Å². The number of nitrogens with zero attached hydrogens (tertiary/aromatic N) is 3. The molecule has 0 N–H and O–H groups in total. The minimum Gasteiger partial charge on any atom is -0.493 e. The van der Waals surface area contributed by atoms with Crippen molar-refractivity contribution in [3.63, 3.8) is 0 Å². The van der Waals surface area contributed by atoms with Gasteiger partial charge in [0.1, 0.15) is 5.69 Å². The molecule has 0 radical (unpaired) electrons. The fourth-order valence-corrected chi connectivity index (χ4v) is 1.73. The van der Waals surface area contributed by atoms with Gasteiger partial charge in [0.05, 0.1) is 19.9 Å². The molecule has 0 atom stereocenters. The zero-order valence-electron chi connectivity index (χ0n) is 11.9. The summed E-state index contributed by atoms with van der Waals surface area (Å²) in [5.41, 5.74) is 0.591. The minimum absolute atomic E-state index is 0.0955. The Morgan fingerprint density at radius 2 is 2.17 bits per heavy atom. The van der Waals surface area contributed by atoms with Crippen molar-refractivity contribution in [3.05, 3.63) is 11.9 Å². The van der Waals surface area contributed by atoms with Gasteiger partial charge in [-0.2, -0.15) is 5.10 Å². The van der Waals surface area contributed by atoms with E-state index >= 15 is 0 Å². The van der Waals surface area contributed by atoms with Crippen LogP contribution in [-0.4, -0.2) is 48.2 Å². The maximum absolute atomic E-state index is 12.2. The standard InChI is InChI=1S/C13H23N3O2/c1-10(2)8-11(17)13-12(18-5)9-14-16(13)7-6-15(3)4/h9-10H,6-8H2,1-5H3. The van der Waals surface area contributed by atoms with Crippen molar-refractivity contribution in [2.45, 2.75) is 26.8 Å². The van der Waals surface area contributed by atoms with Crippen LogP contribution < -0.4 is 4.74 Å². The van der Waals surface area contributed by atoms with Crippen LogP contribution in [0.3, 0.4) is 0 Å². The van der Waals surface area contributed by atoms with E-state index in [-0.39, 0.29) is 5.78 Å². The lowest BCUT2D eigenvalue weighted by molar-refractivity contribution is 0.0953. The lowest BCUT2D eigenvalue weighted by atomic mass is 10.0. The van der Waals surface area contributed by atoms with Gasteiger partial charge in [-0.25, -0.2) is 0 Å². The molecular weight excluding hydrogens is 230 g/mol. The first kappa shape index (κ1) is 14.7. The highest BCUT2D eigenvalue weighted by atomic mass is 16.5. The molecule has 0 bridgehead atoms. The smallest absolute Gasteiger partial charge is 0.184 e. The van der Waals surface area contributed by atoms with Crippen LogP contribution in [0.25, 0.3) is 0 Å². The second-order valence-corrected chi connectivity index (χ2v) is 5.11. The number of ketones is 1. The average Bonchev–Trinajstić information content (AvgIpc) is 2.68. The first-order valence-electron chi connectivity index (χ1n) is 6.23. The van der Waals surface area contributed by atoms with Crippen molar-refractivity contribution in [3.8, 4) is 5.75 Å². The van der Waals surface area contributed by atoms with Gasteiger partial charge in [0.15, 0.2) is 11.5 Å². The molecule has 1 aromatic rings. The van der Waals surface area contributed by atoms with Gasteiger partial charge in [0.2, 0.25) is 0 Å². The number of ether oxygens (including phenoxy) is 1. The fourth-order valence-electron chi connectivity index (χ4n) is 1.73. The second kappa shape index (κ2) is 6.54. The van der Waals surface area contributed by atoms with Gasteiger partial charge in [-0.05, 0) is 20.0 Å². The SMILES string of the molecule is COc1cnn(CCN(C)C)c1C(=O)CC(C)C. The normalized spacial score (nSPS) is 11.3. The number of aromatic nitrogens is 2. The van der Waals surface area contributed by atoms with Gasteiger partial charge in [-0.15, -0.1) is 0 Å². The van der Waals surface area contributed by atoms with Crippen LogP contribution in [0.15, 0.2) is 6.20 Å². The first-order valence-corrected chi connectivity index (χ1v) is 6.23. The van der Waals surface area contributed by atoms with Crippen LogP contribution in [-0.2, 0) is 6.54 Å². The summed E-state index contributed by atoms with van der Waals surface area (Å²) in [6.45, 7) is 5.60. The number of likely N-dealkylation sites (N-methyl/N-ethyl adjacent to an activating group) is 1. The molecule has 18 heavy (non-hydrogen) atoms. The van der Waals surface area contributed by atoms with E-state index in [2.05, 4.69) is 10.00 Å². The molecular formula is C13H23N3O2. The number of Topliss-reactive ketones (excluding diaryl/α,β-unsaturated/α-hetero) is 1. The lowest BCUT2D eigenvalue weighted by Crippen LogP contribution is -2.22. The zero-order chi connectivity index (χ0) is 13.7. The minimum atomic E-state index is 0.0955. The molecule has 0 fully saturated rings. The van der Waals surface area contributed by atoms with Crippen LogP contribution in [0.4, 0.5) is 0 Å². The van der Waals surface area contributed by atoms with E-state index < -0.39 is 0 Å². The maximum atomic E-state index is 12.2. The number of rotatable bonds is 7. The van der Waals surface area contributed by atoms with Crippen molar-refractivity contribution in [2.24, 2.45) is 5.92 Å². The summed E-state index contributed by atoms with van der Waals surface area (Å²) in [5.74, 6) is 0.997. The third-order valence-corrected chi connectivity index (χ3v) is 2.64. The Bertz CT molecular complexity index is 397. The largest absolute Gasteiger partial charge is 0.493 e.